The second-order valence-corrected chi connectivity index (χ2v) is 12.3. The molecule has 1 aliphatic rings. The first-order valence-corrected chi connectivity index (χ1v) is 14.1. The molecule has 1 amide bonds. The fourth-order valence-electron chi connectivity index (χ4n) is 4.18. The molecule has 2 aromatic carbocycles. The van der Waals surface area contributed by atoms with Crippen LogP contribution in [-0.4, -0.2) is 23.1 Å². The van der Waals surface area contributed by atoms with E-state index in [1.807, 2.05) is 33.8 Å². The third kappa shape index (κ3) is 5.66. The van der Waals surface area contributed by atoms with E-state index in [4.69, 9.17) is 14.0 Å². The molecule has 1 unspecified atom stereocenters. The zero-order valence-electron chi connectivity index (χ0n) is 20.2. The number of rotatable bonds is 8. The molecule has 1 N–H and O–H groups in total. The summed E-state index contributed by atoms with van der Waals surface area (Å²) in [6, 6.07) is 15.4. The lowest BCUT2D eigenvalue weighted by Gasteiger charge is -2.22. The van der Waals surface area contributed by atoms with Gasteiger partial charge in [0.05, 0.1) is 24.1 Å². The molecule has 8 heteroatoms. The van der Waals surface area contributed by atoms with Crippen LogP contribution in [0.2, 0.25) is 0 Å². The summed E-state index contributed by atoms with van der Waals surface area (Å²) in [6.45, 7) is 9.55. The van der Waals surface area contributed by atoms with Gasteiger partial charge < -0.3 is 9.05 Å². The van der Waals surface area contributed by atoms with E-state index in [9.17, 15) is 9.36 Å². The van der Waals surface area contributed by atoms with Gasteiger partial charge in [-0.05, 0) is 63.3 Å². The maximum atomic E-state index is 13.1. The van der Waals surface area contributed by atoms with E-state index < -0.39 is 7.60 Å². The Morgan fingerprint density at radius 1 is 1.09 bits per heavy atom. The minimum Gasteiger partial charge on any atom is -0.306 e. The highest BCUT2D eigenvalue weighted by Crippen LogP contribution is 2.53. The zero-order chi connectivity index (χ0) is 24.5. The van der Waals surface area contributed by atoms with Gasteiger partial charge in [-0.3, -0.25) is 14.7 Å². The predicted molar refractivity (Wildman–Crippen MR) is 138 cm³/mol. The van der Waals surface area contributed by atoms with Crippen LogP contribution in [0.4, 0.5) is 5.13 Å². The summed E-state index contributed by atoms with van der Waals surface area (Å²) >= 11 is 1.53. The van der Waals surface area contributed by atoms with Gasteiger partial charge in [0.1, 0.15) is 0 Å². The number of nitrogens with zero attached hydrogens (tertiary/aromatic N) is 1. The summed E-state index contributed by atoms with van der Waals surface area (Å²) < 4.78 is 24.4. The van der Waals surface area contributed by atoms with E-state index in [2.05, 4.69) is 30.4 Å². The molecule has 4 rings (SSSR count). The molecule has 1 aromatic heterocycles. The molecule has 6 nitrogen and oxygen atoms in total. The van der Waals surface area contributed by atoms with Gasteiger partial charge >= 0.3 is 7.60 Å². The van der Waals surface area contributed by atoms with Crippen molar-refractivity contribution in [2.75, 3.05) is 5.32 Å². The monoisotopic (exact) mass is 498 g/mol. The third-order valence-electron chi connectivity index (χ3n) is 5.49. The average Bonchev–Trinajstić information content (AvgIpc) is 3.15. The van der Waals surface area contributed by atoms with Gasteiger partial charge in [0, 0.05) is 16.0 Å². The molecule has 0 fully saturated rings. The molecule has 0 radical (unpaired) electrons. The average molecular weight is 499 g/mol. The van der Waals surface area contributed by atoms with E-state index in [1.54, 1.807) is 24.3 Å². The number of fused-ring (bicyclic) bond motifs is 3. The largest absolute Gasteiger partial charge is 0.335 e. The second-order valence-electron chi connectivity index (χ2n) is 9.21. The molecule has 3 aromatic rings. The molecule has 0 saturated carbocycles. The molecule has 0 aliphatic heterocycles. The van der Waals surface area contributed by atoms with Crippen molar-refractivity contribution in [1.82, 2.24) is 4.98 Å². The minimum atomic E-state index is -3.29. The van der Waals surface area contributed by atoms with Crippen molar-refractivity contribution in [1.29, 1.82) is 0 Å². The SMILES string of the molecule is CC(C)OP(=O)(Cc1ccc(C(=O)Nc2nc3c(s2)CC(C)c2ccccc2-3)cc1)OC(C)C. The van der Waals surface area contributed by atoms with E-state index in [-0.39, 0.29) is 24.3 Å². The maximum Gasteiger partial charge on any atom is 0.335 e. The number of thiazole rings is 1. The predicted octanol–water partition coefficient (Wildman–Crippen LogP) is 7.27. The fourth-order valence-corrected chi connectivity index (χ4v) is 7.42. The van der Waals surface area contributed by atoms with Gasteiger partial charge in [-0.1, -0.05) is 43.3 Å². The van der Waals surface area contributed by atoms with Crippen LogP contribution in [0, 0.1) is 0 Å². The highest BCUT2D eigenvalue weighted by atomic mass is 32.1. The summed E-state index contributed by atoms with van der Waals surface area (Å²) in [7, 11) is -3.29. The van der Waals surface area contributed by atoms with E-state index >= 15 is 0 Å². The lowest BCUT2D eigenvalue weighted by Crippen LogP contribution is -2.12. The molecule has 1 aliphatic carbocycles. The second kappa shape index (κ2) is 10.1. The number of hydrogen-bond acceptors (Lipinski definition) is 6. The summed E-state index contributed by atoms with van der Waals surface area (Å²) in [5, 5.41) is 3.55. The molecule has 1 heterocycles. The van der Waals surface area contributed by atoms with Gasteiger partial charge in [-0.25, -0.2) is 4.98 Å². The number of amides is 1. The van der Waals surface area contributed by atoms with Crippen LogP contribution in [0.25, 0.3) is 11.3 Å². The van der Waals surface area contributed by atoms with Crippen LogP contribution in [0.15, 0.2) is 48.5 Å². The Morgan fingerprint density at radius 2 is 1.74 bits per heavy atom. The number of carbonyl (C=O) groups excluding carboxylic acids is 1. The summed E-state index contributed by atoms with van der Waals surface area (Å²) in [5.41, 5.74) is 4.71. The zero-order valence-corrected chi connectivity index (χ0v) is 21.9. The van der Waals surface area contributed by atoms with Crippen molar-refractivity contribution in [2.24, 2.45) is 0 Å². The first kappa shape index (κ1) is 24.8. The first-order valence-electron chi connectivity index (χ1n) is 11.6. The standard InChI is InChI=1S/C26H31N2O4PS/c1-16(2)31-33(30,32-17(3)4)15-19-10-12-20(13-11-19)25(29)28-26-27-24-22-9-7-6-8-21(22)18(5)14-23(24)34-26/h6-13,16-18H,14-15H2,1-5H3,(H,27,28,29). The molecular weight excluding hydrogens is 467 g/mol. The molecule has 0 spiro atoms. The van der Waals surface area contributed by atoms with Crippen molar-refractivity contribution in [2.45, 2.75) is 65.3 Å². The van der Waals surface area contributed by atoms with E-state index in [0.29, 0.717) is 16.6 Å². The summed E-state index contributed by atoms with van der Waals surface area (Å²) in [6.07, 6.45) is 0.649. The van der Waals surface area contributed by atoms with Crippen LogP contribution in [-0.2, 0) is 26.2 Å². The number of benzene rings is 2. The van der Waals surface area contributed by atoms with Crippen molar-refractivity contribution in [3.05, 3.63) is 70.1 Å². The van der Waals surface area contributed by atoms with Crippen LogP contribution in [0.3, 0.4) is 0 Å². The number of nitrogens with one attached hydrogen (secondary N) is 1. The Labute approximate surface area is 205 Å². The Balaban J connectivity index is 1.47. The van der Waals surface area contributed by atoms with Crippen molar-refractivity contribution >= 4 is 30.0 Å². The first-order chi connectivity index (χ1) is 16.1. The Morgan fingerprint density at radius 3 is 2.38 bits per heavy atom. The minimum absolute atomic E-state index is 0.155. The Bertz CT molecular complexity index is 1210. The van der Waals surface area contributed by atoms with Gasteiger partial charge in [0.25, 0.3) is 5.91 Å². The highest BCUT2D eigenvalue weighted by Gasteiger charge is 2.29. The Hall–Kier alpha value is -2.31. The maximum absolute atomic E-state index is 13.1. The Kier molecular flexibility index (Phi) is 7.39. The molecule has 1 atom stereocenters. The normalized spacial score (nSPS) is 15.3. The van der Waals surface area contributed by atoms with Crippen molar-refractivity contribution in [3.8, 4) is 11.3 Å². The van der Waals surface area contributed by atoms with Gasteiger partial charge in [-0.15, -0.1) is 11.3 Å². The van der Waals surface area contributed by atoms with Crippen LogP contribution in [0.1, 0.15) is 66.9 Å². The van der Waals surface area contributed by atoms with Crippen LogP contribution < -0.4 is 5.32 Å². The number of carbonyl (C=O) groups is 1. The topological polar surface area (TPSA) is 77.5 Å². The number of aromatic nitrogens is 1. The van der Waals surface area contributed by atoms with Gasteiger partial charge in [0.15, 0.2) is 5.13 Å². The lowest BCUT2D eigenvalue weighted by molar-refractivity contribution is 0.102. The van der Waals surface area contributed by atoms with Crippen molar-refractivity contribution < 1.29 is 18.4 Å². The molecule has 34 heavy (non-hydrogen) atoms. The van der Waals surface area contributed by atoms with Gasteiger partial charge in [0.2, 0.25) is 0 Å². The summed E-state index contributed by atoms with van der Waals surface area (Å²) in [4.78, 5) is 18.8. The number of hydrogen-bond donors (Lipinski definition) is 1. The molecule has 0 bridgehead atoms. The van der Waals surface area contributed by atoms with E-state index in [0.717, 1.165) is 23.2 Å². The lowest BCUT2D eigenvalue weighted by atomic mass is 9.86. The molecular formula is C26H31N2O4PS. The fraction of sp³-hybridized carbons (Fsp3) is 0.385. The van der Waals surface area contributed by atoms with Crippen LogP contribution in [0.5, 0.6) is 0 Å². The number of anilines is 1. The molecule has 0 saturated heterocycles. The quantitative estimate of drug-likeness (QED) is 0.331. The summed E-state index contributed by atoms with van der Waals surface area (Å²) in [5.74, 6) is 0.203. The smallest absolute Gasteiger partial charge is 0.306 e. The van der Waals surface area contributed by atoms with Crippen molar-refractivity contribution in [3.63, 3.8) is 0 Å². The van der Waals surface area contributed by atoms with Gasteiger partial charge in [-0.2, -0.15) is 0 Å². The highest BCUT2D eigenvalue weighted by molar-refractivity contribution is 7.53. The van der Waals surface area contributed by atoms with Crippen LogP contribution >= 0.6 is 18.9 Å². The molecule has 180 valence electrons. The third-order valence-corrected chi connectivity index (χ3v) is 8.72. The van der Waals surface area contributed by atoms with E-state index in [1.165, 1.54) is 21.8 Å².